The lowest BCUT2D eigenvalue weighted by Crippen LogP contribution is -2.32. The minimum Gasteiger partial charge on any atom is -0.493 e. The van der Waals surface area contributed by atoms with E-state index in [0.29, 0.717) is 22.9 Å². The lowest BCUT2D eigenvalue weighted by Gasteiger charge is -2.25. The standard InChI is InChI=1S/C21H21ClF3NO3S/c1-28-18-8-5-13(10-19(18)29-2)17-4-3-9-26(17)20(27)12-30-14-6-7-16(22)15(11-14)21(23,24)25/h5-8,10-11,17H,3-4,9,12H2,1-2H3. The molecule has 30 heavy (non-hydrogen) atoms. The van der Waals surface area contributed by atoms with Crippen molar-refractivity contribution in [3.05, 3.63) is 52.5 Å². The molecule has 0 saturated carbocycles. The molecule has 0 aliphatic carbocycles. The lowest BCUT2D eigenvalue weighted by atomic mass is 10.0. The van der Waals surface area contributed by atoms with Gasteiger partial charge < -0.3 is 14.4 Å². The van der Waals surface area contributed by atoms with Crippen LogP contribution in [0, 0.1) is 0 Å². The highest BCUT2D eigenvalue weighted by Crippen LogP contribution is 2.39. The summed E-state index contributed by atoms with van der Waals surface area (Å²) in [5, 5.41) is -0.355. The number of halogens is 4. The van der Waals surface area contributed by atoms with Gasteiger partial charge in [-0.3, -0.25) is 4.79 Å². The molecule has 0 spiro atoms. The Morgan fingerprint density at radius 1 is 1.17 bits per heavy atom. The van der Waals surface area contributed by atoms with Gasteiger partial charge in [-0.05, 0) is 48.7 Å². The van der Waals surface area contributed by atoms with Crippen LogP contribution in [0.15, 0.2) is 41.3 Å². The second-order valence-electron chi connectivity index (χ2n) is 6.79. The fourth-order valence-electron chi connectivity index (χ4n) is 3.51. The minimum atomic E-state index is -4.54. The molecule has 0 radical (unpaired) electrons. The van der Waals surface area contributed by atoms with Gasteiger partial charge >= 0.3 is 6.18 Å². The van der Waals surface area contributed by atoms with Gasteiger partial charge in [0.1, 0.15) is 0 Å². The first-order chi connectivity index (χ1) is 14.2. The van der Waals surface area contributed by atoms with E-state index in [-0.39, 0.29) is 22.7 Å². The summed E-state index contributed by atoms with van der Waals surface area (Å²) < 4.78 is 49.7. The second-order valence-corrected chi connectivity index (χ2v) is 8.24. The van der Waals surface area contributed by atoms with Gasteiger partial charge in [-0.2, -0.15) is 13.2 Å². The quantitative estimate of drug-likeness (QED) is 0.509. The Kier molecular flexibility index (Phi) is 7.08. The van der Waals surface area contributed by atoms with Crippen LogP contribution >= 0.6 is 23.4 Å². The van der Waals surface area contributed by atoms with Crippen molar-refractivity contribution in [2.45, 2.75) is 30.0 Å². The van der Waals surface area contributed by atoms with Gasteiger partial charge in [-0.25, -0.2) is 0 Å². The van der Waals surface area contributed by atoms with E-state index in [9.17, 15) is 18.0 Å². The highest BCUT2D eigenvalue weighted by atomic mass is 35.5. The number of nitrogens with zero attached hydrogens (tertiary/aromatic N) is 1. The third-order valence-corrected chi connectivity index (χ3v) is 6.28. The number of thioether (sulfide) groups is 1. The Morgan fingerprint density at radius 3 is 2.57 bits per heavy atom. The molecular weight excluding hydrogens is 439 g/mol. The summed E-state index contributed by atoms with van der Waals surface area (Å²) in [5.41, 5.74) is 0.0420. The summed E-state index contributed by atoms with van der Waals surface area (Å²) in [5.74, 6) is 1.11. The van der Waals surface area contributed by atoms with E-state index in [1.807, 2.05) is 12.1 Å². The Labute approximate surface area is 182 Å². The van der Waals surface area contributed by atoms with E-state index in [2.05, 4.69) is 0 Å². The molecule has 162 valence electrons. The van der Waals surface area contributed by atoms with Gasteiger partial charge in [-0.1, -0.05) is 17.7 Å². The normalized spacial score (nSPS) is 16.6. The zero-order chi connectivity index (χ0) is 21.9. The van der Waals surface area contributed by atoms with Crippen molar-refractivity contribution in [2.75, 3.05) is 26.5 Å². The zero-order valence-electron chi connectivity index (χ0n) is 16.5. The van der Waals surface area contributed by atoms with Crippen LogP contribution in [-0.2, 0) is 11.0 Å². The van der Waals surface area contributed by atoms with Gasteiger partial charge in [0.15, 0.2) is 11.5 Å². The Morgan fingerprint density at radius 2 is 1.90 bits per heavy atom. The third kappa shape index (κ3) is 4.98. The van der Waals surface area contributed by atoms with Crippen LogP contribution in [0.5, 0.6) is 11.5 Å². The fraction of sp³-hybridized carbons (Fsp3) is 0.381. The predicted molar refractivity (Wildman–Crippen MR) is 110 cm³/mol. The number of methoxy groups -OCH3 is 2. The Balaban J connectivity index is 1.71. The molecule has 9 heteroatoms. The molecule has 0 N–H and O–H groups in total. The average molecular weight is 460 g/mol. The molecule has 1 saturated heterocycles. The number of hydrogen-bond acceptors (Lipinski definition) is 4. The monoisotopic (exact) mass is 459 g/mol. The van der Waals surface area contributed by atoms with Gasteiger partial charge in [0.25, 0.3) is 0 Å². The number of likely N-dealkylation sites (tertiary alicyclic amines) is 1. The highest BCUT2D eigenvalue weighted by Gasteiger charge is 2.34. The summed E-state index contributed by atoms with van der Waals surface area (Å²) in [6, 6.07) is 9.14. The molecule has 2 aromatic carbocycles. The molecule has 1 atom stereocenters. The highest BCUT2D eigenvalue weighted by molar-refractivity contribution is 8.00. The zero-order valence-corrected chi connectivity index (χ0v) is 18.0. The molecule has 1 unspecified atom stereocenters. The topological polar surface area (TPSA) is 38.8 Å². The van der Waals surface area contributed by atoms with Crippen LogP contribution in [0.4, 0.5) is 13.2 Å². The van der Waals surface area contributed by atoms with Gasteiger partial charge in [0.2, 0.25) is 5.91 Å². The number of alkyl halides is 3. The van der Waals surface area contributed by atoms with E-state index >= 15 is 0 Å². The molecule has 0 aromatic heterocycles. The smallest absolute Gasteiger partial charge is 0.417 e. The summed E-state index contributed by atoms with van der Waals surface area (Å²) in [6.45, 7) is 0.604. The molecule has 1 heterocycles. The van der Waals surface area contributed by atoms with Crippen molar-refractivity contribution >= 4 is 29.3 Å². The molecule has 3 rings (SSSR count). The lowest BCUT2D eigenvalue weighted by molar-refractivity contribution is -0.137. The van der Waals surface area contributed by atoms with Crippen molar-refractivity contribution in [1.29, 1.82) is 0 Å². The average Bonchev–Trinajstić information content (AvgIpc) is 3.21. The molecule has 1 amide bonds. The van der Waals surface area contributed by atoms with Crippen LogP contribution in [0.3, 0.4) is 0 Å². The number of amides is 1. The first-order valence-electron chi connectivity index (χ1n) is 9.25. The van der Waals surface area contributed by atoms with Crippen molar-refractivity contribution < 1.29 is 27.4 Å². The summed E-state index contributed by atoms with van der Waals surface area (Å²) in [4.78, 5) is 15.0. The van der Waals surface area contributed by atoms with Crippen molar-refractivity contribution in [3.8, 4) is 11.5 Å². The van der Waals surface area contributed by atoms with Crippen LogP contribution in [0.2, 0.25) is 5.02 Å². The van der Waals surface area contributed by atoms with E-state index in [1.165, 1.54) is 12.1 Å². The molecule has 1 aliphatic rings. The fourth-order valence-corrected chi connectivity index (χ4v) is 4.56. The number of hydrogen-bond donors (Lipinski definition) is 0. The summed E-state index contributed by atoms with van der Waals surface area (Å²) >= 11 is 6.73. The number of ether oxygens (including phenoxy) is 2. The van der Waals surface area contributed by atoms with Crippen molar-refractivity contribution in [1.82, 2.24) is 4.90 Å². The maximum atomic E-state index is 13.0. The maximum absolute atomic E-state index is 13.0. The number of rotatable bonds is 6. The number of carbonyl (C=O) groups excluding carboxylic acids is 1. The Hall–Kier alpha value is -2.06. The molecule has 1 aliphatic heterocycles. The van der Waals surface area contributed by atoms with E-state index in [1.54, 1.807) is 25.2 Å². The Bertz CT molecular complexity index is 923. The predicted octanol–water partition coefficient (Wildman–Crippen LogP) is 5.83. The minimum absolute atomic E-state index is 0.0444. The van der Waals surface area contributed by atoms with Gasteiger partial charge in [-0.15, -0.1) is 11.8 Å². The molecular formula is C21H21ClF3NO3S. The first kappa shape index (κ1) is 22.6. The second kappa shape index (κ2) is 9.39. The van der Waals surface area contributed by atoms with Crippen LogP contribution in [0.1, 0.15) is 30.0 Å². The van der Waals surface area contributed by atoms with Crippen LogP contribution < -0.4 is 9.47 Å². The van der Waals surface area contributed by atoms with Crippen LogP contribution in [0.25, 0.3) is 0 Å². The number of carbonyl (C=O) groups is 1. The van der Waals surface area contributed by atoms with Gasteiger partial charge in [0.05, 0.1) is 36.6 Å². The van der Waals surface area contributed by atoms with E-state index < -0.39 is 11.7 Å². The largest absolute Gasteiger partial charge is 0.493 e. The van der Waals surface area contributed by atoms with Crippen molar-refractivity contribution in [3.63, 3.8) is 0 Å². The third-order valence-electron chi connectivity index (χ3n) is 4.97. The van der Waals surface area contributed by atoms with E-state index in [4.69, 9.17) is 21.1 Å². The molecule has 1 fully saturated rings. The van der Waals surface area contributed by atoms with Crippen molar-refractivity contribution in [2.24, 2.45) is 0 Å². The summed E-state index contributed by atoms with van der Waals surface area (Å²) in [7, 11) is 3.11. The molecule has 0 bridgehead atoms. The van der Waals surface area contributed by atoms with E-state index in [0.717, 1.165) is 36.2 Å². The SMILES string of the molecule is COc1ccc(C2CCCN2C(=O)CSc2ccc(Cl)c(C(F)(F)F)c2)cc1OC. The maximum Gasteiger partial charge on any atom is 0.417 e. The number of benzene rings is 2. The molecule has 2 aromatic rings. The van der Waals surface area contributed by atoms with Crippen LogP contribution in [-0.4, -0.2) is 37.3 Å². The van der Waals surface area contributed by atoms with Gasteiger partial charge in [0, 0.05) is 11.4 Å². The summed E-state index contributed by atoms with van der Waals surface area (Å²) in [6.07, 6.45) is -2.87. The first-order valence-corrected chi connectivity index (χ1v) is 10.6. The molecule has 4 nitrogen and oxygen atoms in total.